The summed E-state index contributed by atoms with van der Waals surface area (Å²) in [6.45, 7) is 1.38. The Morgan fingerprint density at radius 1 is 1.33 bits per heavy atom. The number of rotatable bonds is 5. The first kappa shape index (κ1) is 13.3. The van der Waals surface area contributed by atoms with E-state index in [1.807, 2.05) is 12.1 Å². The molecule has 0 aliphatic carbocycles. The third-order valence-corrected chi connectivity index (χ3v) is 3.06. The van der Waals surface area contributed by atoms with E-state index in [0.717, 1.165) is 19.9 Å². The van der Waals surface area contributed by atoms with Crippen LogP contribution in [0.2, 0.25) is 0 Å². The topological polar surface area (TPSA) is 21.3 Å². The van der Waals surface area contributed by atoms with Crippen molar-refractivity contribution in [3.05, 3.63) is 29.8 Å². The van der Waals surface area contributed by atoms with E-state index in [9.17, 15) is 8.78 Å². The second kappa shape index (κ2) is 5.65. The van der Waals surface area contributed by atoms with Crippen LogP contribution in [-0.2, 0) is 6.42 Å². The maximum Gasteiger partial charge on any atom is 0.278 e. The van der Waals surface area contributed by atoms with Gasteiger partial charge in [-0.1, -0.05) is 12.1 Å². The maximum atomic E-state index is 12.6. The molecule has 0 radical (unpaired) electrons. The molecule has 1 aromatic rings. The van der Waals surface area contributed by atoms with Crippen molar-refractivity contribution in [2.45, 2.75) is 38.2 Å². The van der Waals surface area contributed by atoms with E-state index in [0.29, 0.717) is 11.8 Å². The minimum atomic E-state index is -2.79. The molecule has 100 valence electrons. The van der Waals surface area contributed by atoms with E-state index in [4.69, 9.17) is 4.74 Å². The van der Waals surface area contributed by atoms with Gasteiger partial charge in [-0.25, -0.2) is 8.78 Å². The van der Waals surface area contributed by atoms with E-state index < -0.39 is 12.5 Å². The average Bonchev–Trinajstić information content (AvgIpc) is 2.80. The van der Waals surface area contributed by atoms with E-state index in [1.165, 1.54) is 18.4 Å². The highest BCUT2D eigenvalue weighted by atomic mass is 19.3. The standard InChI is InChI=1S/C14H19F2NO/c1-14(15,16)10-18-13-6-4-11(5-7-13)9-12-3-2-8-17-12/h4-7,12,17H,2-3,8-10H2,1H3. The lowest BCUT2D eigenvalue weighted by molar-refractivity contribution is -0.0229. The molecular weight excluding hydrogens is 236 g/mol. The normalized spacial score (nSPS) is 20.1. The summed E-state index contributed by atoms with van der Waals surface area (Å²) in [7, 11) is 0. The Hall–Kier alpha value is -1.16. The Bertz CT molecular complexity index is 366. The van der Waals surface area contributed by atoms with E-state index in [1.54, 1.807) is 12.1 Å². The van der Waals surface area contributed by atoms with Gasteiger partial charge in [0.1, 0.15) is 5.75 Å². The van der Waals surface area contributed by atoms with Gasteiger partial charge in [-0.05, 0) is 43.5 Å². The number of nitrogens with one attached hydrogen (secondary N) is 1. The highest BCUT2D eigenvalue weighted by Gasteiger charge is 2.22. The zero-order valence-corrected chi connectivity index (χ0v) is 10.6. The maximum absolute atomic E-state index is 12.6. The number of hydrogen-bond acceptors (Lipinski definition) is 2. The zero-order chi connectivity index (χ0) is 13.0. The smallest absolute Gasteiger partial charge is 0.278 e. The lowest BCUT2D eigenvalue weighted by atomic mass is 10.0. The molecule has 1 aromatic carbocycles. The predicted octanol–water partition coefficient (Wildman–Crippen LogP) is 3.02. The summed E-state index contributed by atoms with van der Waals surface area (Å²) in [5, 5.41) is 3.43. The molecule has 1 atom stereocenters. The van der Waals surface area contributed by atoms with Gasteiger partial charge in [0.15, 0.2) is 6.61 Å². The first-order valence-corrected chi connectivity index (χ1v) is 6.36. The van der Waals surface area contributed by atoms with Crippen LogP contribution in [0.5, 0.6) is 5.75 Å². The number of halogens is 2. The average molecular weight is 255 g/mol. The molecule has 1 aliphatic rings. The number of alkyl halides is 2. The van der Waals surface area contributed by atoms with Crippen LogP contribution in [0.3, 0.4) is 0 Å². The first-order valence-electron chi connectivity index (χ1n) is 6.36. The molecule has 1 heterocycles. The Kier molecular flexibility index (Phi) is 4.17. The molecule has 0 spiro atoms. The molecule has 1 saturated heterocycles. The Labute approximate surface area is 106 Å². The zero-order valence-electron chi connectivity index (χ0n) is 10.6. The summed E-state index contributed by atoms with van der Waals surface area (Å²) in [5.74, 6) is -2.29. The van der Waals surface area contributed by atoms with E-state index >= 15 is 0 Å². The SMILES string of the molecule is CC(F)(F)COc1ccc(CC2CCCN2)cc1. The fraction of sp³-hybridized carbons (Fsp3) is 0.571. The Morgan fingerprint density at radius 3 is 2.61 bits per heavy atom. The van der Waals surface area contributed by atoms with Gasteiger partial charge >= 0.3 is 0 Å². The van der Waals surface area contributed by atoms with Crippen LogP contribution in [0.4, 0.5) is 8.78 Å². The Morgan fingerprint density at radius 2 is 2.06 bits per heavy atom. The highest BCUT2D eigenvalue weighted by molar-refractivity contribution is 5.28. The van der Waals surface area contributed by atoms with Crippen molar-refractivity contribution < 1.29 is 13.5 Å². The van der Waals surface area contributed by atoms with Crippen molar-refractivity contribution in [1.82, 2.24) is 5.32 Å². The highest BCUT2D eigenvalue weighted by Crippen LogP contribution is 2.19. The second-order valence-corrected chi connectivity index (χ2v) is 5.00. The molecule has 0 bridgehead atoms. The fourth-order valence-corrected chi connectivity index (χ4v) is 2.15. The lowest BCUT2D eigenvalue weighted by Gasteiger charge is -2.13. The molecular formula is C14H19F2NO. The molecule has 1 aliphatic heterocycles. The van der Waals surface area contributed by atoms with E-state index in [-0.39, 0.29) is 0 Å². The van der Waals surface area contributed by atoms with Crippen LogP contribution in [0.15, 0.2) is 24.3 Å². The van der Waals surface area contributed by atoms with Crippen LogP contribution in [0.1, 0.15) is 25.3 Å². The molecule has 4 heteroatoms. The fourth-order valence-electron chi connectivity index (χ4n) is 2.15. The third-order valence-electron chi connectivity index (χ3n) is 3.06. The molecule has 0 amide bonds. The second-order valence-electron chi connectivity index (χ2n) is 5.00. The molecule has 1 unspecified atom stereocenters. The van der Waals surface area contributed by atoms with Gasteiger partial charge in [-0.3, -0.25) is 0 Å². The predicted molar refractivity (Wildman–Crippen MR) is 67.3 cm³/mol. The number of benzene rings is 1. The molecule has 18 heavy (non-hydrogen) atoms. The van der Waals surface area contributed by atoms with Gasteiger partial charge in [0, 0.05) is 13.0 Å². The van der Waals surface area contributed by atoms with Crippen LogP contribution >= 0.6 is 0 Å². The summed E-state index contributed by atoms with van der Waals surface area (Å²) in [4.78, 5) is 0. The van der Waals surface area contributed by atoms with E-state index in [2.05, 4.69) is 5.32 Å². The molecule has 2 rings (SSSR count). The summed E-state index contributed by atoms with van der Waals surface area (Å²) in [6.07, 6.45) is 3.43. The van der Waals surface area contributed by atoms with Gasteiger partial charge in [0.05, 0.1) is 0 Å². The first-order chi connectivity index (χ1) is 8.53. The molecule has 2 nitrogen and oxygen atoms in total. The van der Waals surface area contributed by atoms with Crippen molar-refractivity contribution in [2.24, 2.45) is 0 Å². The van der Waals surface area contributed by atoms with Crippen molar-refractivity contribution in [3.8, 4) is 5.75 Å². The van der Waals surface area contributed by atoms with Crippen LogP contribution < -0.4 is 10.1 Å². The molecule has 1 fully saturated rings. The van der Waals surface area contributed by atoms with Crippen molar-refractivity contribution in [3.63, 3.8) is 0 Å². The van der Waals surface area contributed by atoms with Crippen LogP contribution in [0, 0.1) is 0 Å². The van der Waals surface area contributed by atoms with Gasteiger partial charge in [-0.2, -0.15) is 0 Å². The van der Waals surface area contributed by atoms with Gasteiger partial charge < -0.3 is 10.1 Å². The third kappa shape index (κ3) is 4.26. The minimum absolute atomic E-state index is 0.500. The van der Waals surface area contributed by atoms with Gasteiger partial charge in [0.2, 0.25) is 0 Å². The van der Waals surface area contributed by atoms with Gasteiger partial charge in [-0.15, -0.1) is 0 Å². The molecule has 0 saturated carbocycles. The Balaban J connectivity index is 1.85. The quantitative estimate of drug-likeness (QED) is 0.873. The summed E-state index contributed by atoms with van der Waals surface area (Å²) < 4.78 is 30.3. The monoisotopic (exact) mass is 255 g/mol. The van der Waals surface area contributed by atoms with Crippen molar-refractivity contribution >= 4 is 0 Å². The van der Waals surface area contributed by atoms with Crippen LogP contribution in [0.25, 0.3) is 0 Å². The lowest BCUT2D eigenvalue weighted by Crippen LogP contribution is -2.23. The molecule has 0 aromatic heterocycles. The van der Waals surface area contributed by atoms with Gasteiger partial charge in [0.25, 0.3) is 5.92 Å². The number of hydrogen-bond donors (Lipinski definition) is 1. The van der Waals surface area contributed by atoms with Crippen molar-refractivity contribution in [1.29, 1.82) is 0 Å². The molecule has 1 N–H and O–H groups in total. The summed E-state index contributed by atoms with van der Waals surface area (Å²) in [5.41, 5.74) is 1.21. The number of ether oxygens (including phenoxy) is 1. The minimum Gasteiger partial charge on any atom is -0.487 e. The van der Waals surface area contributed by atoms with Crippen molar-refractivity contribution in [2.75, 3.05) is 13.2 Å². The van der Waals surface area contributed by atoms with Crippen LogP contribution in [-0.4, -0.2) is 25.1 Å². The summed E-state index contributed by atoms with van der Waals surface area (Å²) in [6, 6.07) is 7.97. The summed E-state index contributed by atoms with van der Waals surface area (Å²) >= 11 is 0. The largest absolute Gasteiger partial charge is 0.487 e.